The number of carbonyl (C=O) groups excluding carboxylic acids is 3. The van der Waals surface area contributed by atoms with Gasteiger partial charge in [-0.05, 0) is 31.8 Å². The summed E-state index contributed by atoms with van der Waals surface area (Å²) in [6.45, 7) is 5.67. The molecule has 13 nitrogen and oxygen atoms in total. The minimum Gasteiger partial charge on any atom is -0.505 e. The monoisotopic (exact) mass is 610 g/mol. The summed E-state index contributed by atoms with van der Waals surface area (Å²) in [5, 5.41) is 11.8. The summed E-state index contributed by atoms with van der Waals surface area (Å²) >= 11 is 0. The van der Waals surface area contributed by atoms with E-state index in [1.54, 1.807) is 0 Å². The van der Waals surface area contributed by atoms with Crippen molar-refractivity contribution in [2.75, 3.05) is 21.3 Å². The minimum atomic E-state index is -4.91. The number of ketones is 1. The number of nitrogens with zero attached hydrogens (tertiary/aromatic N) is 2. The molecule has 4 aliphatic rings. The Hall–Kier alpha value is -3.14. The van der Waals surface area contributed by atoms with Crippen molar-refractivity contribution in [3.63, 3.8) is 0 Å². The van der Waals surface area contributed by atoms with Gasteiger partial charge >= 0.3 is 5.97 Å². The average Bonchev–Trinajstić information content (AvgIpc) is 2.89. The lowest BCUT2D eigenvalue weighted by molar-refractivity contribution is -0.387. The number of rotatable bonds is 9. The predicted octanol–water partition coefficient (Wildman–Crippen LogP) is 2.42. The molecule has 0 N–H and O–H groups in total. The lowest BCUT2D eigenvalue weighted by Crippen LogP contribution is -2.80. The molecule has 1 amide bonds. The maximum absolute atomic E-state index is 14.5. The molecule has 2 aliphatic carbocycles. The number of nitro groups is 1. The van der Waals surface area contributed by atoms with Gasteiger partial charge in [0.2, 0.25) is 5.91 Å². The molecule has 5 rings (SSSR count). The molecule has 1 aromatic rings. The highest BCUT2D eigenvalue weighted by atomic mass is 32.2. The largest absolute Gasteiger partial charge is 0.505 e. The van der Waals surface area contributed by atoms with Gasteiger partial charge in [0.15, 0.2) is 13.2 Å². The summed E-state index contributed by atoms with van der Waals surface area (Å²) in [5.41, 5.74) is -3.97. The smallest absolute Gasteiger partial charge is 0.316 e. The van der Waals surface area contributed by atoms with Gasteiger partial charge in [0.05, 0.1) is 49.1 Å². The van der Waals surface area contributed by atoms with E-state index in [1.165, 1.54) is 38.7 Å². The van der Waals surface area contributed by atoms with Crippen molar-refractivity contribution in [3.05, 3.63) is 46.7 Å². The zero-order chi connectivity index (χ0) is 30.5. The number of amides is 1. The van der Waals surface area contributed by atoms with E-state index in [2.05, 4.69) is 0 Å². The van der Waals surface area contributed by atoms with Gasteiger partial charge in [-0.25, -0.2) is 12.7 Å². The van der Waals surface area contributed by atoms with E-state index < -0.39 is 80.7 Å². The number of sulfonamides is 1. The topological polar surface area (TPSA) is 169 Å². The van der Waals surface area contributed by atoms with E-state index in [9.17, 15) is 32.9 Å². The number of carbonyl (C=O) groups is 3. The maximum atomic E-state index is 14.5. The molecular formula is C26H34N2O11SSi. The Bertz CT molecular complexity index is 1410. The first-order chi connectivity index (χ1) is 19.1. The maximum Gasteiger partial charge on any atom is 0.316 e. The number of hydrogen-bond donors (Lipinski definition) is 0. The van der Waals surface area contributed by atoms with E-state index >= 15 is 0 Å². The van der Waals surface area contributed by atoms with Gasteiger partial charge in [0.1, 0.15) is 11.2 Å². The first kappa shape index (κ1) is 30.8. The molecule has 4 fully saturated rings. The Morgan fingerprint density at radius 3 is 2.37 bits per heavy atom. The molecular weight excluding hydrogens is 576 g/mol. The summed E-state index contributed by atoms with van der Waals surface area (Å²) in [7, 11) is -3.57. The lowest BCUT2D eigenvalue weighted by Gasteiger charge is -2.66. The van der Waals surface area contributed by atoms with Crippen LogP contribution >= 0.6 is 0 Å². The summed E-state index contributed by atoms with van der Waals surface area (Å²) in [6.07, 6.45) is 1.09. The van der Waals surface area contributed by atoms with Crippen LogP contribution in [-0.2, 0) is 43.0 Å². The molecule has 1 unspecified atom stereocenters. The number of esters is 1. The van der Waals surface area contributed by atoms with Crippen LogP contribution in [0.3, 0.4) is 0 Å². The van der Waals surface area contributed by atoms with Crippen LogP contribution in [0.4, 0.5) is 5.69 Å². The first-order valence-corrected chi connectivity index (χ1v) is 17.8. The van der Waals surface area contributed by atoms with E-state index in [-0.39, 0.29) is 25.0 Å². The third-order valence-corrected chi connectivity index (χ3v) is 11.0. The average molecular weight is 611 g/mol. The van der Waals surface area contributed by atoms with Crippen LogP contribution in [0.1, 0.15) is 19.3 Å². The van der Waals surface area contributed by atoms with Crippen LogP contribution < -0.4 is 0 Å². The molecule has 224 valence electrons. The molecule has 41 heavy (non-hydrogen) atoms. The normalized spacial score (nSPS) is 31.7. The van der Waals surface area contributed by atoms with Gasteiger partial charge in [-0.2, -0.15) is 0 Å². The molecule has 6 atom stereocenters. The van der Waals surface area contributed by atoms with Crippen molar-refractivity contribution in [2.45, 2.75) is 61.5 Å². The number of methoxy groups -OCH3 is 3. The Morgan fingerprint density at radius 2 is 1.80 bits per heavy atom. The number of nitro benzene ring substituents is 1. The Labute approximate surface area is 239 Å². The quantitative estimate of drug-likeness (QED) is 0.132. The van der Waals surface area contributed by atoms with Crippen molar-refractivity contribution >= 4 is 41.7 Å². The van der Waals surface area contributed by atoms with Crippen LogP contribution in [0.2, 0.25) is 19.6 Å². The highest BCUT2D eigenvalue weighted by Crippen LogP contribution is 2.64. The standard InChI is InChI=1S/C26H34N2O11SSi/c1-36-12-11-25(39-41(4,5)6)15-20-26(24(31)38-3)17(13-16(29)14-21(26)37-2)22(25)23(30)27(20)40(34,35)19-10-8-7-9-18(19)28(32)33/h7-12,17,20-22H,13-15H2,1-6H3/b12-11+/t17-,20+,21?,22-,25+,26+/m0/s1. The molecule has 1 aromatic carbocycles. The summed E-state index contributed by atoms with van der Waals surface area (Å²) in [4.78, 5) is 51.6. The van der Waals surface area contributed by atoms with Crippen LogP contribution in [0.5, 0.6) is 0 Å². The van der Waals surface area contributed by atoms with Crippen molar-refractivity contribution in [1.82, 2.24) is 4.31 Å². The van der Waals surface area contributed by atoms with Crippen molar-refractivity contribution in [1.29, 1.82) is 0 Å². The molecule has 2 saturated carbocycles. The van der Waals surface area contributed by atoms with Gasteiger partial charge in [0.25, 0.3) is 15.7 Å². The van der Waals surface area contributed by atoms with Crippen LogP contribution in [-0.4, -0.2) is 82.7 Å². The molecule has 2 heterocycles. The Morgan fingerprint density at radius 1 is 1.15 bits per heavy atom. The fourth-order valence-electron chi connectivity index (χ4n) is 7.01. The molecule has 0 aromatic heterocycles. The number of ether oxygens (including phenoxy) is 3. The third-order valence-electron chi connectivity index (χ3n) is 8.17. The second kappa shape index (κ2) is 10.6. The third kappa shape index (κ3) is 4.68. The Balaban J connectivity index is 2.08. The zero-order valence-corrected chi connectivity index (χ0v) is 25.5. The summed E-state index contributed by atoms with van der Waals surface area (Å²) < 4.78 is 51.9. The molecule has 0 radical (unpaired) electrons. The van der Waals surface area contributed by atoms with E-state index in [1.807, 2.05) is 19.6 Å². The van der Waals surface area contributed by atoms with Crippen LogP contribution in [0.15, 0.2) is 41.5 Å². The Kier molecular flexibility index (Phi) is 7.97. The molecule has 2 saturated heterocycles. The van der Waals surface area contributed by atoms with Gasteiger partial charge in [-0.3, -0.25) is 24.5 Å². The zero-order valence-electron chi connectivity index (χ0n) is 23.7. The van der Waals surface area contributed by atoms with Crippen molar-refractivity contribution in [2.24, 2.45) is 17.3 Å². The highest BCUT2D eigenvalue weighted by molar-refractivity contribution is 7.89. The number of piperidine rings is 2. The molecule has 15 heteroatoms. The number of hydrogen-bond acceptors (Lipinski definition) is 11. The van der Waals surface area contributed by atoms with Gasteiger partial charge < -0.3 is 18.6 Å². The van der Waals surface area contributed by atoms with Crippen molar-refractivity contribution < 1.29 is 46.4 Å². The van der Waals surface area contributed by atoms with Gasteiger partial charge in [-0.1, -0.05) is 12.1 Å². The minimum absolute atomic E-state index is 0.201. The van der Waals surface area contributed by atoms with Crippen LogP contribution in [0, 0.1) is 27.4 Å². The van der Waals surface area contributed by atoms with Gasteiger partial charge in [0, 0.05) is 38.4 Å². The SMILES string of the molecule is CO/C=C/[C@@]1(O[Si](C)(C)C)C[C@H]2N(S(=O)(=O)c3ccccc3[N+](=O)[O-])C(=O)[C@@H]1[C@@H]1CC(=O)CC(OC)[C@@]12C(=O)OC. The van der Waals surface area contributed by atoms with E-state index in [4.69, 9.17) is 18.6 Å². The number of fused-ring (bicyclic) bond motifs is 2. The molecule has 2 bridgehead atoms. The molecule has 2 aliphatic heterocycles. The molecule has 0 spiro atoms. The van der Waals surface area contributed by atoms with Crippen LogP contribution in [0.25, 0.3) is 0 Å². The number of para-hydroxylation sites is 1. The highest BCUT2D eigenvalue weighted by Gasteiger charge is 2.78. The summed E-state index contributed by atoms with van der Waals surface area (Å²) in [5.74, 6) is -4.48. The fourth-order valence-corrected chi connectivity index (χ4v) is 10.2. The van der Waals surface area contributed by atoms with Gasteiger partial charge in [-0.15, -0.1) is 0 Å². The van der Waals surface area contributed by atoms with Crippen molar-refractivity contribution in [3.8, 4) is 0 Å². The lowest BCUT2D eigenvalue weighted by atomic mass is 9.46. The van der Waals surface area contributed by atoms with E-state index in [0.717, 1.165) is 19.2 Å². The van der Waals surface area contributed by atoms with E-state index in [0.29, 0.717) is 4.31 Å². The first-order valence-electron chi connectivity index (χ1n) is 13.0. The number of benzene rings is 1. The second-order valence-corrected chi connectivity index (χ2v) is 17.7. The second-order valence-electron chi connectivity index (χ2n) is 11.5. The number of Topliss-reactive ketones (excluding diaryl/α,β-unsaturated/α-hetero) is 1. The fraction of sp³-hybridized carbons (Fsp3) is 0.577. The summed E-state index contributed by atoms with van der Waals surface area (Å²) in [6, 6.07) is 3.21. The predicted molar refractivity (Wildman–Crippen MR) is 145 cm³/mol.